The summed E-state index contributed by atoms with van der Waals surface area (Å²) in [6.07, 6.45) is 0.448. The minimum atomic E-state index is -1.11. The quantitative estimate of drug-likeness (QED) is 0.710. The van der Waals surface area contributed by atoms with Crippen LogP contribution in [0.3, 0.4) is 0 Å². The van der Waals surface area contributed by atoms with Gasteiger partial charge in [-0.3, -0.25) is 0 Å². The van der Waals surface area contributed by atoms with Gasteiger partial charge in [-0.25, -0.2) is 13.2 Å². The normalized spacial score (nSPS) is 24.3. The molecule has 0 aliphatic heterocycles. The van der Waals surface area contributed by atoms with Crippen LogP contribution in [0.2, 0.25) is 0 Å². The van der Waals surface area contributed by atoms with Crippen LogP contribution in [-0.2, 0) is 6.42 Å². The van der Waals surface area contributed by atoms with Crippen molar-refractivity contribution < 1.29 is 13.2 Å². The standard InChI is InChI=1S/C11H12F3N/c1-5-3-6-7(12)4-8(13)10(14)9(6)11(5)15-2/h4-5,11,15H,3H2,1-2H3. The second kappa shape index (κ2) is 3.52. The van der Waals surface area contributed by atoms with Gasteiger partial charge >= 0.3 is 0 Å². The Morgan fingerprint density at radius 2 is 1.93 bits per heavy atom. The molecular formula is C11H12F3N. The lowest BCUT2D eigenvalue weighted by molar-refractivity contribution is 0.422. The van der Waals surface area contributed by atoms with E-state index in [2.05, 4.69) is 5.32 Å². The smallest absolute Gasteiger partial charge is 0.164 e. The van der Waals surface area contributed by atoms with E-state index in [4.69, 9.17) is 0 Å². The van der Waals surface area contributed by atoms with Crippen LogP contribution < -0.4 is 5.32 Å². The summed E-state index contributed by atoms with van der Waals surface area (Å²) in [5, 5.41) is 2.89. The first-order valence-corrected chi connectivity index (χ1v) is 4.89. The number of hydrogen-bond donors (Lipinski definition) is 1. The second-order valence-electron chi connectivity index (χ2n) is 3.99. The van der Waals surface area contributed by atoms with Gasteiger partial charge in [-0.15, -0.1) is 0 Å². The molecule has 0 heterocycles. The second-order valence-corrected chi connectivity index (χ2v) is 3.99. The maximum Gasteiger partial charge on any atom is 0.164 e. The van der Waals surface area contributed by atoms with Crippen molar-refractivity contribution in [3.63, 3.8) is 0 Å². The highest BCUT2D eigenvalue weighted by atomic mass is 19.2. The van der Waals surface area contributed by atoms with Crippen LogP contribution in [0.1, 0.15) is 24.1 Å². The number of hydrogen-bond acceptors (Lipinski definition) is 1. The highest BCUT2D eigenvalue weighted by Crippen LogP contribution is 2.39. The van der Waals surface area contributed by atoms with E-state index < -0.39 is 17.5 Å². The Kier molecular flexibility index (Phi) is 2.46. The predicted molar refractivity (Wildman–Crippen MR) is 51.0 cm³/mol. The van der Waals surface area contributed by atoms with Crippen molar-refractivity contribution in [2.75, 3.05) is 7.05 Å². The molecule has 1 nitrogen and oxygen atoms in total. The molecule has 0 radical (unpaired) electrons. The van der Waals surface area contributed by atoms with Crippen LogP contribution in [-0.4, -0.2) is 7.05 Å². The summed E-state index contributed by atoms with van der Waals surface area (Å²) >= 11 is 0. The Hall–Kier alpha value is -1.03. The molecule has 1 aliphatic carbocycles. The van der Waals surface area contributed by atoms with Crippen molar-refractivity contribution >= 4 is 0 Å². The van der Waals surface area contributed by atoms with Gasteiger partial charge in [0, 0.05) is 17.7 Å². The summed E-state index contributed by atoms with van der Waals surface area (Å²) in [6.45, 7) is 1.89. The van der Waals surface area contributed by atoms with Crippen LogP contribution in [0.5, 0.6) is 0 Å². The first-order valence-electron chi connectivity index (χ1n) is 4.89. The fourth-order valence-corrected chi connectivity index (χ4v) is 2.34. The average molecular weight is 215 g/mol. The number of rotatable bonds is 1. The van der Waals surface area contributed by atoms with Crippen molar-refractivity contribution in [3.05, 3.63) is 34.6 Å². The zero-order valence-electron chi connectivity index (χ0n) is 8.57. The van der Waals surface area contributed by atoms with Gasteiger partial charge in [0.15, 0.2) is 11.6 Å². The Balaban J connectivity index is 2.63. The van der Waals surface area contributed by atoms with Crippen molar-refractivity contribution in [1.82, 2.24) is 5.32 Å². The molecule has 0 fully saturated rings. The molecule has 82 valence electrons. The Morgan fingerprint density at radius 3 is 2.53 bits per heavy atom. The summed E-state index contributed by atoms with van der Waals surface area (Å²) in [6, 6.07) is 0.323. The van der Waals surface area contributed by atoms with Crippen molar-refractivity contribution in [1.29, 1.82) is 0 Å². The number of halogens is 3. The fourth-order valence-electron chi connectivity index (χ4n) is 2.34. The van der Waals surface area contributed by atoms with Crippen LogP contribution in [0.4, 0.5) is 13.2 Å². The van der Waals surface area contributed by atoms with E-state index >= 15 is 0 Å². The van der Waals surface area contributed by atoms with Gasteiger partial charge in [-0.1, -0.05) is 6.92 Å². The molecule has 15 heavy (non-hydrogen) atoms. The van der Waals surface area contributed by atoms with E-state index in [-0.39, 0.29) is 17.5 Å². The van der Waals surface area contributed by atoms with Gasteiger partial charge in [-0.2, -0.15) is 0 Å². The molecule has 1 N–H and O–H groups in total. The van der Waals surface area contributed by atoms with E-state index in [0.717, 1.165) is 0 Å². The van der Waals surface area contributed by atoms with Crippen LogP contribution in [0.15, 0.2) is 6.07 Å². The summed E-state index contributed by atoms with van der Waals surface area (Å²) in [4.78, 5) is 0. The SMILES string of the molecule is CNC1c2c(F)c(F)cc(F)c2CC1C. The van der Waals surface area contributed by atoms with Crippen LogP contribution in [0.25, 0.3) is 0 Å². The molecule has 0 saturated heterocycles. The third-order valence-electron chi connectivity index (χ3n) is 3.03. The molecule has 4 heteroatoms. The summed E-state index contributed by atoms with van der Waals surface area (Å²) < 4.78 is 39.9. The predicted octanol–water partition coefficient (Wildman–Crippen LogP) is 2.56. The molecule has 0 aromatic heterocycles. The summed E-state index contributed by atoms with van der Waals surface area (Å²) in [7, 11) is 1.67. The highest BCUT2D eigenvalue weighted by Gasteiger charge is 2.34. The average Bonchev–Trinajstić information content (AvgIpc) is 2.52. The number of fused-ring (bicyclic) bond motifs is 1. The molecule has 1 aromatic rings. The maximum absolute atomic E-state index is 13.5. The van der Waals surface area contributed by atoms with Crippen LogP contribution in [0, 0.1) is 23.4 Å². The molecule has 2 rings (SSSR count). The Labute approximate surface area is 86.3 Å². The van der Waals surface area contributed by atoms with Crippen molar-refractivity contribution in [2.45, 2.75) is 19.4 Å². The van der Waals surface area contributed by atoms with Crippen molar-refractivity contribution in [3.8, 4) is 0 Å². The molecule has 0 spiro atoms. The number of benzene rings is 1. The number of nitrogens with one attached hydrogen (secondary N) is 1. The molecule has 2 atom stereocenters. The van der Waals surface area contributed by atoms with E-state index in [1.54, 1.807) is 7.05 Å². The highest BCUT2D eigenvalue weighted by molar-refractivity contribution is 5.38. The molecule has 0 bridgehead atoms. The molecule has 1 aromatic carbocycles. The lowest BCUT2D eigenvalue weighted by atomic mass is 10.0. The fraction of sp³-hybridized carbons (Fsp3) is 0.455. The minimum absolute atomic E-state index is 0.0794. The monoisotopic (exact) mass is 215 g/mol. The summed E-state index contributed by atoms with van der Waals surface area (Å²) in [5.74, 6) is -2.60. The van der Waals surface area contributed by atoms with Crippen LogP contribution >= 0.6 is 0 Å². The first kappa shape index (κ1) is 10.5. The van der Waals surface area contributed by atoms with Gasteiger partial charge < -0.3 is 5.32 Å². The lowest BCUT2D eigenvalue weighted by Crippen LogP contribution is -2.20. The van der Waals surface area contributed by atoms with Gasteiger partial charge in [0.05, 0.1) is 0 Å². The van der Waals surface area contributed by atoms with E-state index in [1.807, 2.05) is 6.92 Å². The van der Waals surface area contributed by atoms with E-state index in [0.29, 0.717) is 18.1 Å². The molecule has 1 aliphatic rings. The first-order chi connectivity index (χ1) is 7.06. The largest absolute Gasteiger partial charge is 0.313 e. The van der Waals surface area contributed by atoms with Gasteiger partial charge in [-0.05, 0) is 24.9 Å². The lowest BCUT2D eigenvalue weighted by Gasteiger charge is -2.15. The van der Waals surface area contributed by atoms with E-state index in [1.165, 1.54) is 0 Å². The minimum Gasteiger partial charge on any atom is -0.313 e. The third-order valence-corrected chi connectivity index (χ3v) is 3.03. The van der Waals surface area contributed by atoms with Gasteiger partial charge in [0.1, 0.15) is 5.82 Å². The summed E-state index contributed by atoms with van der Waals surface area (Å²) in [5.41, 5.74) is 0.461. The third kappa shape index (κ3) is 1.44. The Morgan fingerprint density at radius 1 is 1.27 bits per heavy atom. The molecule has 0 amide bonds. The molecular weight excluding hydrogens is 203 g/mol. The zero-order chi connectivity index (χ0) is 11.2. The van der Waals surface area contributed by atoms with Gasteiger partial charge in [0.25, 0.3) is 0 Å². The Bertz CT molecular complexity index is 403. The molecule has 2 unspecified atom stereocenters. The van der Waals surface area contributed by atoms with Gasteiger partial charge in [0.2, 0.25) is 0 Å². The topological polar surface area (TPSA) is 12.0 Å². The molecule has 0 saturated carbocycles. The van der Waals surface area contributed by atoms with E-state index in [9.17, 15) is 13.2 Å². The maximum atomic E-state index is 13.5. The van der Waals surface area contributed by atoms with Crippen molar-refractivity contribution in [2.24, 2.45) is 5.92 Å². The zero-order valence-corrected chi connectivity index (χ0v) is 8.57.